The van der Waals surface area contributed by atoms with Gasteiger partial charge in [0.25, 0.3) is 0 Å². The second-order valence-electron chi connectivity index (χ2n) is 5.78. The van der Waals surface area contributed by atoms with Crippen LogP contribution in [0.3, 0.4) is 0 Å². The molecule has 1 N–H and O–H groups in total. The fraction of sp³-hybridized carbons (Fsp3) is 1.00. The molecule has 0 aromatic heterocycles. The summed E-state index contributed by atoms with van der Waals surface area (Å²) < 4.78 is 11.0. The lowest BCUT2D eigenvalue weighted by Gasteiger charge is -2.30. The first-order valence-electron chi connectivity index (χ1n) is 7.02. The molecule has 1 saturated heterocycles. The molecule has 1 aliphatic heterocycles. The van der Waals surface area contributed by atoms with E-state index < -0.39 is 0 Å². The Bertz CT molecular complexity index is 224. The van der Waals surface area contributed by atoms with Crippen LogP contribution in [0.15, 0.2) is 0 Å². The largest absolute Gasteiger partial charge is 0.377 e. The summed E-state index contributed by atoms with van der Waals surface area (Å²) in [4.78, 5) is 2.48. The molecular weight excluding hydrogens is 228 g/mol. The molecule has 0 saturated carbocycles. The van der Waals surface area contributed by atoms with E-state index in [-0.39, 0.29) is 12.2 Å². The van der Waals surface area contributed by atoms with Crippen molar-refractivity contribution in [3.63, 3.8) is 0 Å². The Hall–Kier alpha value is -0.160. The van der Waals surface area contributed by atoms with Gasteiger partial charge in [-0.25, -0.2) is 0 Å². The van der Waals surface area contributed by atoms with Crippen molar-refractivity contribution in [3.8, 4) is 0 Å². The van der Waals surface area contributed by atoms with Gasteiger partial charge < -0.3 is 14.8 Å². The van der Waals surface area contributed by atoms with Crippen LogP contribution in [0.5, 0.6) is 0 Å². The van der Waals surface area contributed by atoms with E-state index in [0.29, 0.717) is 18.0 Å². The van der Waals surface area contributed by atoms with Crippen LogP contribution >= 0.6 is 0 Å². The van der Waals surface area contributed by atoms with Gasteiger partial charge in [-0.3, -0.25) is 4.90 Å². The van der Waals surface area contributed by atoms with Gasteiger partial charge in [0.2, 0.25) is 0 Å². The average molecular weight is 258 g/mol. The summed E-state index contributed by atoms with van der Waals surface area (Å²) in [5, 5.41) is 3.51. The molecule has 108 valence electrons. The fourth-order valence-electron chi connectivity index (χ4n) is 2.51. The zero-order chi connectivity index (χ0) is 13.7. The van der Waals surface area contributed by atoms with Crippen molar-refractivity contribution >= 4 is 0 Å². The highest BCUT2D eigenvalue weighted by atomic mass is 16.5. The van der Waals surface area contributed by atoms with Crippen molar-refractivity contribution in [3.05, 3.63) is 0 Å². The van der Waals surface area contributed by atoms with E-state index in [1.54, 1.807) is 14.2 Å². The number of rotatable bonds is 7. The number of nitrogens with one attached hydrogen (secondary N) is 1. The lowest BCUT2D eigenvalue weighted by molar-refractivity contribution is -0.00461. The van der Waals surface area contributed by atoms with Crippen LogP contribution in [0.2, 0.25) is 0 Å². The first-order chi connectivity index (χ1) is 8.49. The number of nitrogens with zero attached hydrogens (tertiary/aromatic N) is 1. The van der Waals surface area contributed by atoms with Crippen molar-refractivity contribution in [2.75, 3.05) is 33.9 Å². The minimum Gasteiger partial charge on any atom is -0.377 e. The zero-order valence-corrected chi connectivity index (χ0v) is 12.8. The summed E-state index contributed by atoms with van der Waals surface area (Å²) >= 11 is 0. The first-order valence-corrected chi connectivity index (χ1v) is 7.02. The van der Waals surface area contributed by atoms with Gasteiger partial charge in [0.05, 0.1) is 12.2 Å². The molecule has 0 aliphatic carbocycles. The Morgan fingerprint density at radius 2 is 1.56 bits per heavy atom. The molecule has 4 unspecified atom stereocenters. The summed E-state index contributed by atoms with van der Waals surface area (Å²) in [5.74, 6) is 0.625. The van der Waals surface area contributed by atoms with Crippen LogP contribution in [0.1, 0.15) is 27.7 Å². The normalized spacial score (nSPS) is 28.8. The zero-order valence-electron chi connectivity index (χ0n) is 12.8. The number of methoxy groups -OCH3 is 2. The highest BCUT2D eigenvalue weighted by Crippen LogP contribution is 2.21. The molecule has 18 heavy (non-hydrogen) atoms. The van der Waals surface area contributed by atoms with Gasteiger partial charge >= 0.3 is 0 Å². The summed E-state index contributed by atoms with van der Waals surface area (Å²) in [7, 11) is 3.54. The molecule has 0 aromatic rings. The first kappa shape index (κ1) is 15.9. The number of likely N-dealkylation sites (tertiary alicyclic amines) is 1. The van der Waals surface area contributed by atoms with Crippen molar-refractivity contribution in [2.24, 2.45) is 5.92 Å². The van der Waals surface area contributed by atoms with E-state index in [1.165, 1.54) is 0 Å². The van der Waals surface area contributed by atoms with Crippen molar-refractivity contribution in [2.45, 2.75) is 52.0 Å². The Kier molecular flexibility index (Phi) is 6.57. The topological polar surface area (TPSA) is 33.7 Å². The van der Waals surface area contributed by atoms with E-state index in [2.05, 4.69) is 37.9 Å². The average Bonchev–Trinajstić information content (AvgIpc) is 2.77. The molecule has 0 amide bonds. The van der Waals surface area contributed by atoms with Gasteiger partial charge in [0.1, 0.15) is 0 Å². The van der Waals surface area contributed by atoms with Gasteiger partial charge in [-0.1, -0.05) is 20.8 Å². The molecule has 1 heterocycles. The third-order valence-corrected chi connectivity index (χ3v) is 4.10. The molecule has 4 atom stereocenters. The maximum Gasteiger partial charge on any atom is 0.0971 e. The van der Waals surface area contributed by atoms with Gasteiger partial charge in [0, 0.05) is 39.4 Å². The predicted octanol–water partition coefficient (Wildman–Crippen LogP) is 1.35. The van der Waals surface area contributed by atoms with Crippen LogP contribution in [0.25, 0.3) is 0 Å². The van der Waals surface area contributed by atoms with Crippen LogP contribution in [-0.2, 0) is 9.47 Å². The smallest absolute Gasteiger partial charge is 0.0971 e. The van der Waals surface area contributed by atoms with Crippen molar-refractivity contribution < 1.29 is 9.47 Å². The van der Waals surface area contributed by atoms with E-state index >= 15 is 0 Å². The molecule has 0 bridgehead atoms. The Labute approximate surface area is 112 Å². The third kappa shape index (κ3) is 4.19. The molecule has 1 fully saturated rings. The summed E-state index contributed by atoms with van der Waals surface area (Å²) in [6, 6.07) is 1.10. The molecule has 1 rings (SSSR count). The maximum atomic E-state index is 5.49. The maximum absolute atomic E-state index is 5.49. The molecular formula is C14H30N2O2. The number of hydrogen-bond donors (Lipinski definition) is 1. The van der Waals surface area contributed by atoms with Crippen molar-refractivity contribution in [1.82, 2.24) is 10.2 Å². The molecule has 1 aliphatic rings. The van der Waals surface area contributed by atoms with Gasteiger partial charge in [0.15, 0.2) is 0 Å². The lowest BCUT2D eigenvalue weighted by atomic mass is 10.0. The quantitative estimate of drug-likeness (QED) is 0.747. The second-order valence-corrected chi connectivity index (χ2v) is 5.78. The standard InChI is InChI=1S/C14H30N2O2/c1-10(2)15-7-11(3)12(4)16-8-13(17-5)14(9-16)18-6/h10-15H,7-9H2,1-6H3. The minimum atomic E-state index is 0.211. The SMILES string of the molecule is COC1CN(C(C)C(C)CNC(C)C)CC1OC. The molecule has 0 radical (unpaired) electrons. The summed E-state index contributed by atoms with van der Waals surface area (Å²) in [6.45, 7) is 12.0. The fourth-order valence-corrected chi connectivity index (χ4v) is 2.51. The van der Waals surface area contributed by atoms with Gasteiger partial charge in [-0.2, -0.15) is 0 Å². The van der Waals surface area contributed by atoms with E-state index in [0.717, 1.165) is 19.6 Å². The molecule has 0 aromatic carbocycles. The van der Waals surface area contributed by atoms with Crippen LogP contribution < -0.4 is 5.32 Å². The molecule has 4 heteroatoms. The highest BCUT2D eigenvalue weighted by Gasteiger charge is 2.36. The van der Waals surface area contributed by atoms with Crippen LogP contribution in [-0.4, -0.2) is 63.0 Å². The molecule has 4 nitrogen and oxygen atoms in total. The summed E-state index contributed by atoms with van der Waals surface area (Å²) in [6.07, 6.45) is 0.422. The number of ether oxygens (including phenoxy) is 2. The van der Waals surface area contributed by atoms with Gasteiger partial charge in [-0.05, 0) is 19.4 Å². The number of hydrogen-bond acceptors (Lipinski definition) is 4. The Morgan fingerprint density at radius 3 is 1.94 bits per heavy atom. The van der Waals surface area contributed by atoms with Crippen LogP contribution in [0.4, 0.5) is 0 Å². The summed E-state index contributed by atoms with van der Waals surface area (Å²) in [5.41, 5.74) is 0. The predicted molar refractivity (Wildman–Crippen MR) is 74.9 cm³/mol. The minimum absolute atomic E-state index is 0.211. The molecule has 0 spiro atoms. The highest BCUT2D eigenvalue weighted by molar-refractivity contribution is 4.89. The van der Waals surface area contributed by atoms with Gasteiger partial charge in [-0.15, -0.1) is 0 Å². The monoisotopic (exact) mass is 258 g/mol. The van der Waals surface area contributed by atoms with Crippen molar-refractivity contribution in [1.29, 1.82) is 0 Å². The lowest BCUT2D eigenvalue weighted by Crippen LogP contribution is -2.41. The Morgan fingerprint density at radius 1 is 1.06 bits per heavy atom. The van der Waals surface area contributed by atoms with E-state index in [4.69, 9.17) is 9.47 Å². The second kappa shape index (κ2) is 7.43. The van der Waals surface area contributed by atoms with E-state index in [9.17, 15) is 0 Å². The van der Waals surface area contributed by atoms with E-state index in [1.807, 2.05) is 0 Å². The third-order valence-electron chi connectivity index (χ3n) is 4.10. The van der Waals surface area contributed by atoms with Crippen LogP contribution in [0, 0.1) is 5.92 Å². The Balaban J connectivity index is 2.44.